The molecule has 0 amide bonds. The summed E-state index contributed by atoms with van der Waals surface area (Å²) in [5, 5.41) is 7.83. The highest BCUT2D eigenvalue weighted by Gasteiger charge is 2.02. The van der Waals surface area contributed by atoms with E-state index in [0.717, 1.165) is 0 Å². The molecule has 0 aromatic carbocycles. The number of nitrogens with two attached hydrogens (primary N) is 1. The van der Waals surface area contributed by atoms with Crippen LogP contribution in [-0.2, 0) is 6.54 Å². The molecule has 2 N–H and O–H groups in total. The Kier molecular flexibility index (Phi) is 2.95. The SMILES string of the molecule is C#CCSc1nnc(CN)o1. The highest BCUT2D eigenvalue weighted by atomic mass is 32.2. The van der Waals surface area contributed by atoms with E-state index in [9.17, 15) is 0 Å². The van der Waals surface area contributed by atoms with Crippen molar-refractivity contribution in [1.82, 2.24) is 10.2 Å². The zero-order valence-corrected chi connectivity index (χ0v) is 6.60. The second-order valence-corrected chi connectivity index (χ2v) is 2.59. The second-order valence-electron chi connectivity index (χ2n) is 1.66. The third-order valence-electron chi connectivity index (χ3n) is 0.902. The molecule has 0 unspecified atom stereocenters. The Morgan fingerprint density at radius 1 is 1.64 bits per heavy atom. The lowest BCUT2D eigenvalue weighted by atomic mass is 10.7. The number of thioether (sulfide) groups is 1. The monoisotopic (exact) mass is 169 g/mol. The minimum atomic E-state index is 0.267. The van der Waals surface area contributed by atoms with Gasteiger partial charge in [0, 0.05) is 0 Å². The van der Waals surface area contributed by atoms with Gasteiger partial charge in [0.2, 0.25) is 5.89 Å². The van der Waals surface area contributed by atoms with Gasteiger partial charge in [-0.3, -0.25) is 0 Å². The normalized spacial score (nSPS) is 9.45. The average molecular weight is 169 g/mol. The lowest BCUT2D eigenvalue weighted by Crippen LogP contribution is -1.95. The summed E-state index contributed by atoms with van der Waals surface area (Å²) in [7, 11) is 0. The zero-order chi connectivity index (χ0) is 8.10. The molecule has 1 rings (SSSR count). The Morgan fingerprint density at radius 2 is 2.45 bits per heavy atom. The summed E-state index contributed by atoms with van der Waals surface area (Å²) < 4.78 is 5.06. The molecule has 0 radical (unpaired) electrons. The first-order valence-corrected chi connectivity index (χ1v) is 3.94. The van der Waals surface area contributed by atoms with Crippen molar-refractivity contribution >= 4 is 11.8 Å². The van der Waals surface area contributed by atoms with Crippen molar-refractivity contribution in [2.45, 2.75) is 11.8 Å². The van der Waals surface area contributed by atoms with E-state index in [2.05, 4.69) is 16.1 Å². The van der Waals surface area contributed by atoms with Crippen LogP contribution in [0.25, 0.3) is 0 Å². The fraction of sp³-hybridized carbons (Fsp3) is 0.333. The summed E-state index contributed by atoms with van der Waals surface area (Å²) >= 11 is 1.32. The van der Waals surface area contributed by atoms with Crippen LogP contribution in [0, 0.1) is 12.3 Å². The van der Waals surface area contributed by atoms with Gasteiger partial charge in [0.1, 0.15) is 0 Å². The molecule has 0 aliphatic rings. The van der Waals surface area contributed by atoms with Crippen molar-refractivity contribution in [3.63, 3.8) is 0 Å². The molecule has 1 heterocycles. The van der Waals surface area contributed by atoms with Gasteiger partial charge in [-0.1, -0.05) is 17.7 Å². The first-order chi connectivity index (χ1) is 5.36. The molecule has 0 spiro atoms. The first-order valence-electron chi connectivity index (χ1n) is 2.95. The van der Waals surface area contributed by atoms with Crippen LogP contribution in [0.1, 0.15) is 5.89 Å². The van der Waals surface area contributed by atoms with Crippen molar-refractivity contribution in [3.05, 3.63) is 5.89 Å². The number of hydrogen-bond donors (Lipinski definition) is 1. The molecule has 0 aliphatic heterocycles. The largest absolute Gasteiger partial charge is 0.415 e. The van der Waals surface area contributed by atoms with E-state index in [1.165, 1.54) is 11.8 Å². The van der Waals surface area contributed by atoms with Crippen LogP contribution in [-0.4, -0.2) is 16.0 Å². The predicted molar refractivity (Wildman–Crippen MR) is 41.7 cm³/mol. The number of nitrogens with zero attached hydrogens (tertiary/aromatic N) is 2. The van der Waals surface area contributed by atoms with Gasteiger partial charge >= 0.3 is 0 Å². The van der Waals surface area contributed by atoms with Gasteiger partial charge < -0.3 is 10.2 Å². The zero-order valence-electron chi connectivity index (χ0n) is 5.78. The molecular weight excluding hydrogens is 162 g/mol. The van der Waals surface area contributed by atoms with E-state index in [-0.39, 0.29) is 6.54 Å². The van der Waals surface area contributed by atoms with Gasteiger partial charge in [-0.25, -0.2) is 0 Å². The Morgan fingerprint density at radius 3 is 3.00 bits per heavy atom. The van der Waals surface area contributed by atoms with E-state index in [0.29, 0.717) is 16.9 Å². The summed E-state index contributed by atoms with van der Waals surface area (Å²) in [4.78, 5) is 0. The van der Waals surface area contributed by atoms with Gasteiger partial charge in [-0.05, 0) is 0 Å². The van der Waals surface area contributed by atoms with Gasteiger partial charge in [0.05, 0.1) is 12.3 Å². The lowest BCUT2D eigenvalue weighted by Gasteiger charge is -1.84. The van der Waals surface area contributed by atoms with Crippen LogP contribution < -0.4 is 5.73 Å². The van der Waals surface area contributed by atoms with E-state index >= 15 is 0 Å². The van der Waals surface area contributed by atoms with Crippen LogP contribution in [0.4, 0.5) is 0 Å². The Bertz CT molecular complexity index is 265. The Labute approximate surface area is 68.6 Å². The molecule has 0 saturated carbocycles. The summed E-state index contributed by atoms with van der Waals surface area (Å²) in [6.07, 6.45) is 5.03. The number of rotatable bonds is 3. The van der Waals surface area contributed by atoms with Crippen LogP contribution in [0.2, 0.25) is 0 Å². The molecule has 0 fully saturated rings. The molecular formula is C6H7N3OS. The maximum atomic E-state index is 5.25. The fourth-order valence-corrected chi connectivity index (χ4v) is 0.943. The van der Waals surface area contributed by atoms with Gasteiger partial charge in [-0.15, -0.1) is 16.6 Å². The molecule has 0 saturated heterocycles. The van der Waals surface area contributed by atoms with Crippen molar-refractivity contribution in [3.8, 4) is 12.3 Å². The molecule has 11 heavy (non-hydrogen) atoms. The lowest BCUT2D eigenvalue weighted by molar-refractivity contribution is 0.415. The van der Waals surface area contributed by atoms with Gasteiger partial charge in [-0.2, -0.15) is 0 Å². The van der Waals surface area contributed by atoms with E-state index < -0.39 is 0 Å². The van der Waals surface area contributed by atoms with Crippen molar-refractivity contribution in [1.29, 1.82) is 0 Å². The summed E-state index contributed by atoms with van der Waals surface area (Å²) in [6.45, 7) is 0.267. The molecule has 0 atom stereocenters. The molecule has 0 bridgehead atoms. The van der Waals surface area contributed by atoms with Crippen molar-refractivity contribution in [2.75, 3.05) is 5.75 Å². The summed E-state index contributed by atoms with van der Waals surface area (Å²) in [6, 6.07) is 0. The minimum Gasteiger partial charge on any atom is -0.415 e. The first kappa shape index (κ1) is 8.11. The molecule has 0 aliphatic carbocycles. The molecule has 4 nitrogen and oxygen atoms in total. The molecule has 1 aromatic rings. The predicted octanol–water partition coefficient (Wildman–Crippen LogP) is 0.254. The summed E-state index contributed by atoms with van der Waals surface area (Å²) in [5.74, 6) is 3.42. The maximum absolute atomic E-state index is 5.25. The average Bonchev–Trinajstić information content (AvgIpc) is 2.48. The second kappa shape index (κ2) is 4.01. The van der Waals surface area contributed by atoms with Gasteiger partial charge in [0.15, 0.2) is 0 Å². The third kappa shape index (κ3) is 2.26. The number of hydrogen-bond acceptors (Lipinski definition) is 5. The smallest absolute Gasteiger partial charge is 0.277 e. The quantitative estimate of drug-likeness (QED) is 0.519. The minimum absolute atomic E-state index is 0.267. The van der Waals surface area contributed by atoms with Gasteiger partial charge in [0.25, 0.3) is 5.22 Å². The van der Waals surface area contributed by atoms with E-state index in [4.69, 9.17) is 16.6 Å². The number of terminal acetylenes is 1. The Hall–Kier alpha value is -0.990. The summed E-state index contributed by atoms with van der Waals surface area (Å²) in [5.41, 5.74) is 5.25. The highest BCUT2D eigenvalue weighted by molar-refractivity contribution is 7.99. The number of aromatic nitrogens is 2. The van der Waals surface area contributed by atoms with Crippen LogP contribution in [0.3, 0.4) is 0 Å². The Balaban J connectivity index is 2.53. The van der Waals surface area contributed by atoms with Crippen LogP contribution in [0.5, 0.6) is 0 Å². The third-order valence-corrected chi connectivity index (χ3v) is 1.62. The van der Waals surface area contributed by atoms with Crippen LogP contribution >= 0.6 is 11.8 Å². The van der Waals surface area contributed by atoms with Crippen molar-refractivity contribution in [2.24, 2.45) is 5.73 Å². The fourth-order valence-electron chi connectivity index (χ4n) is 0.482. The van der Waals surface area contributed by atoms with Crippen molar-refractivity contribution < 1.29 is 4.42 Å². The topological polar surface area (TPSA) is 64.9 Å². The highest BCUT2D eigenvalue weighted by Crippen LogP contribution is 2.14. The standard InChI is InChI=1S/C6H7N3OS/c1-2-3-11-6-9-8-5(4-7)10-6/h1H,3-4,7H2. The molecule has 5 heteroatoms. The van der Waals surface area contributed by atoms with E-state index in [1.54, 1.807) is 0 Å². The molecule has 58 valence electrons. The molecule has 1 aromatic heterocycles. The maximum Gasteiger partial charge on any atom is 0.277 e. The van der Waals surface area contributed by atoms with Crippen LogP contribution in [0.15, 0.2) is 9.64 Å². The van der Waals surface area contributed by atoms with E-state index in [1.807, 2.05) is 0 Å².